The SMILES string of the molecule is CC1CCCN(C(=O)NCCc2nccs2)C1. The van der Waals surface area contributed by atoms with Gasteiger partial charge >= 0.3 is 6.03 Å². The normalized spacial score (nSPS) is 20.3. The second kappa shape index (κ2) is 6.00. The van der Waals surface area contributed by atoms with Crippen LogP contribution in [0.2, 0.25) is 0 Å². The van der Waals surface area contributed by atoms with Gasteiger partial charge in [-0.3, -0.25) is 0 Å². The number of amides is 2. The van der Waals surface area contributed by atoms with Crippen LogP contribution in [0.4, 0.5) is 4.79 Å². The molecule has 1 aromatic heterocycles. The predicted octanol–water partition coefficient (Wildman–Crippen LogP) is 2.13. The fourth-order valence-electron chi connectivity index (χ4n) is 2.14. The number of nitrogens with zero attached hydrogens (tertiary/aromatic N) is 2. The summed E-state index contributed by atoms with van der Waals surface area (Å²) in [6.07, 6.45) is 4.99. The van der Waals surface area contributed by atoms with E-state index in [0.29, 0.717) is 12.5 Å². The molecule has 1 N–H and O–H groups in total. The molecule has 0 spiro atoms. The molecule has 1 unspecified atom stereocenters. The van der Waals surface area contributed by atoms with Crippen molar-refractivity contribution < 1.29 is 4.79 Å². The van der Waals surface area contributed by atoms with E-state index in [4.69, 9.17) is 0 Å². The summed E-state index contributed by atoms with van der Waals surface area (Å²) in [5.74, 6) is 0.633. The maximum Gasteiger partial charge on any atom is 0.317 e. The number of rotatable bonds is 3. The molecule has 2 heterocycles. The lowest BCUT2D eigenvalue weighted by molar-refractivity contribution is 0.170. The Hall–Kier alpha value is -1.10. The molecule has 0 radical (unpaired) electrons. The molecule has 2 rings (SSSR count). The first-order valence-corrected chi connectivity index (χ1v) is 7.05. The first-order chi connectivity index (χ1) is 8.25. The average molecular weight is 253 g/mol. The second-order valence-corrected chi connectivity index (χ2v) is 5.58. The number of carbonyl (C=O) groups excluding carboxylic acids is 1. The molecule has 1 aliphatic heterocycles. The van der Waals surface area contributed by atoms with Gasteiger partial charge in [0.2, 0.25) is 0 Å². The van der Waals surface area contributed by atoms with Gasteiger partial charge in [0.1, 0.15) is 0 Å². The molecule has 4 nitrogen and oxygen atoms in total. The highest BCUT2D eigenvalue weighted by atomic mass is 32.1. The maximum absolute atomic E-state index is 11.9. The summed E-state index contributed by atoms with van der Waals surface area (Å²) in [7, 11) is 0. The van der Waals surface area contributed by atoms with Crippen LogP contribution in [-0.4, -0.2) is 35.5 Å². The number of piperidine rings is 1. The Morgan fingerprint density at radius 3 is 3.29 bits per heavy atom. The molecule has 0 saturated carbocycles. The predicted molar refractivity (Wildman–Crippen MR) is 69.2 cm³/mol. The lowest BCUT2D eigenvalue weighted by atomic mass is 10.0. The minimum absolute atomic E-state index is 0.0770. The summed E-state index contributed by atoms with van der Waals surface area (Å²) in [5, 5.41) is 6.01. The molecule has 1 fully saturated rings. The van der Waals surface area contributed by atoms with Crippen molar-refractivity contribution in [1.82, 2.24) is 15.2 Å². The summed E-state index contributed by atoms with van der Waals surface area (Å²) >= 11 is 1.63. The van der Waals surface area contributed by atoms with Crippen molar-refractivity contribution in [2.45, 2.75) is 26.2 Å². The number of likely N-dealkylation sites (tertiary alicyclic amines) is 1. The van der Waals surface area contributed by atoms with Crippen molar-refractivity contribution in [2.24, 2.45) is 5.92 Å². The van der Waals surface area contributed by atoms with Crippen molar-refractivity contribution in [3.8, 4) is 0 Å². The Morgan fingerprint density at radius 1 is 1.71 bits per heavy atom. The zero-order valence-corrected chi connectivity index (χ0v) is 11.0. The average Bonchev–Trinajstić information content (AvgIpc) is 2.82. The molecule has 1 aliphatic rings. The van der Waals surface area contributed by atoms with Crippen LogP contribution in [0, 0.1) is 5.92 Å². The van der Waals surface area contributed by atoms with Gasteiger partial charge in [-0.2, -0.15) is 0 Å². The van der Waals surface area contributed by atoms with Gasteiger partial charge in [0, 0.05) is 37.6 Å². The molecule has 0 aromatic carbocycles. The third-order valence-electron chi connectivity index (χ3n) is 3.04. The van der Waals surface area contributed by atoms with Gasteiger partial charge in [0.25, 0.3) is 0 Å². The molecule has 1 aromatic rings. The van der Waals surface area contributed by atoms with E-state index in [2.05, 4.69) is 17.2 Å². The van der Waals surface area contributed by atoms with Crippen LogP contribution in [0.25, 0.3) is 0 Å². The number of urea groups is 1. The highest BCUT2D eigenvalue weighted by Gasteiger charge is 2.20. The van der Waals surface area contributed by atoms with E-state index in [0.717, 1.165) is 30.9 Å². The summed E-state index contributed by atoms with van der Waals surface area (Å²) in [4.78, 5) is 18.0. The topological polar surface area (TPSA) is 45.2 Å². The number of thiazole rings is 1. The fraction of sp³-hybridized carbons (Fsp3) is 0.667. The van der Waals surface area contributed by atoms with E-state index in [1.807, 2.05) is 10.3 Å². The van der Waals surface area contributed by atoms with Crippen LogP contribution in [-0.2, 0) is 6.42 Å². The maximum atomic E-state index is 11.9. The van der Waals surface area contributed by atoms with Gasteiger partial charge in [-0.25, -0.2) is 9.78 Å². The van der Waals surface area contributed by atoms with Crippen molar-refractivity contribution in [1.29, 1.82) is 0 Å². The molecule has 0 aliphatic carbocycles. The van der Waals surface area contributed by atoms with Crippen molar-refractivity contribution >= 4 is 17.4 Å². The highest BCUT2D eigenvalue weighted by molar-refractivity contribution is 7.09. The molecule has 0 bridgehead atoms. The van der Waals surface area contributed by atoms with Crippen LogP contribution >= 0.6 is 11.3 Å². The van der Waals surface area contributed by atoms with E-state index < -0.39 is 0 Å². The third-order valence-corrected chi connectivity index (χ3v) is 3.88. The molecule has 1 saturated heterocycles. The lowest BCUT2D eigenvalue weighted by Crippen LogP contribution is -2.45. The summed E-state index contributed by atoms with van der Waals surface area (Å²) in [6.45, 7) is 4.67. The van der Waals surface area contributed by atoms with E-state index in [1.54, 1.807) is 17.5 Å². The van der Waals surface area contributed by atoms with Gasteiger partial charge in [-0.1, -0.05) is 6.92 Å². The van der Waals surface area contributed by atoms with Gasteiger partial charge in [0.15, 0.2) is 0 Å². The first-order valence-electron chi connectivity index (χ1n) is 6.17. The van der Waals surface area contributed by atoms with Gasteiger partial charge < -0.3 is 10.2 Å². The van der Waals surface area contributed by atoms with Crippen molar-refractivity contribution in [3.05, 3.63) is 16.6 Å². The first kappa shape index (κ1) is 12.4. The largest absolute Gasteiger partial charge is 0.338 e. The van der Waals surface area contributed by atoms with Crippen LogP contribution in [0.15, 0.2) is 11.6 Å². The van der Waals surface area contributed by atoms with E-state index in [1.165, 1.54) is 6.42 Å². The van der Waals surface area contributed by atoms with Gasteiger partial charge in [-0.05, 0) is 18.8 Å². The van der Waals surface area contributed by atoms with Crippen LogP contribution in [0.3, 0.4) is 0 Å². The monoisotopic (exact) mass is 253 g/mol. The molecule has 1 atom stereocenters. The minimum Gasteiger partial charge on any atom is -0.338 e. The van der Waals surface area contributed by atoms with E-state index >= 15 is 0 Å². The number of nitrogens with one attached hydrogen (secondary N) is 1. The van der Waals surface area contributed by atoms with Crippen LogP contribution in [0.1, 0.15) is 24.8 Å². The Labute approximate surface area is 106 Å². The molecule has 94 valence electrons. The molecule has 17 heavy (non-hydrogen) atoms. The fourth-order valence-corrected chi connectivity index (χ4v) is 2.76. The second-order valence-electron chi connectivity index (χ2n) is 4.60. The highest BCUT2D eigenvalue weighted by Crippen LogP contribution is 2.15. The van der Waals surface area contributed by atoms with Crippen LogP contribution < -0.4 is 5.32 Å². The lowest BCUT2D eigenvalue weighted by Gasteiger charge is -2.30. The summed E-state index contributed by atoms with van der Waals surface area (Å²) in [6, 6.07) is 0.0770. The molecular formula is C12H19N3OS. The number of hydrogen-bond acceptors (Lipinski definition) is 3. The number of hydrogen-bond donors (Lipinski definition) is 1. The molecule has 5 heteroatoms. The summed E-state index contributed by atoms with van der Waals surface area (Å²) < 4.78 is 0. The molecule has 2 amide bonds. The summed E-state index contributed by atoms with van der Waals surface area (Å²) in [5.41, 5.74) is 0. The van der Waals surface area contributed by atoms with Crippen molar-refractivity contribution in [2.75, 3.05) is 19.6 Å². The Bertz CT molecular complexity index is 353. The van der Waals surface area contributed by atoms with Gasteiger partial charge in [-0.15, -0.1) is 11.3 Å². The number of aromatic nitrogens is 1. The minimum atomic E-state index is 0.0770. The Kier molecular flexibility index (Phi) is 4.36. The number of carbonyl (C=O) groups is 1. The zero-order chi connectivity index (χ0) is 12.1. The third kappa shape index (κ3) is 3.70. The standard InChI is InChI=1S/C12H19N3OS/c1-10-3-2-7-15(9-10)12(16)14-5-4-11-13-6-8-17-11/h6,8,10H,2-5,7,9H2,1H3,(H,14,16). The van der Waals surface area contributed by atoms with Crippen LogP contribution in [0.5, 0.6) is 0 Å². The van der Waals surface area contributed by atoms with Crippen molar-refractivity contribution in [3.63, 3.8) is 0 Å². The van der Waals surface area contributed by atoms with E-state index in [9.17, 15) is 4.79 Å². The van der Waals surface area contributed by atoms with E-state index in [-0.39, 0.29) is 6.03 Å². The smallest absolute Gasteiger partial charge is 0.317 e. The Morgan fingerprint density at radius 2 is 2.59 bits per heavy atom. The quantitative estimate of drug-likeness (QED) is 0.897. The van der Waals surface area contributed by atoms with Gasteiger partial charge in [0.05, 0.1) is 5.01 Å². The molecular weight excluding hydrogens is 234 g/mol. The zero-order valence-electron chi connectivity index (χ0n) is 10.2. The Balaban J connectivity index is 1.70.